The van der Waals surface area contributed by atoms with Crippen LogP contribution in [0.4, 0.5) is 0 Å². The molecule has 2 heterocycles. The number of hydrogen-bond donors (Lipinski definition) is 2. The fraction of sp³-hybridized carbons (Fsp3) is 0.0870. The zero-order valence-corrected chi connectivity index (χ0v) is 16.4. The molecule has 4 aromatic rings. The predicted octanol–water partition coefficient (Wildman–Crippen LogP) is 4.55. The zero-order valence-electron chi connectivity index (χ0n) is 15.6. The molecule has 0 spiro atoms. The highest BCUT2D eigenvalue weighted by Gasteiger charge is 2.16. The van der Waals surface area contributed by atoms with Gasteiger partial charge in [-0.15, -0.1) is 11.3 Å². The molecule has 144 valence electrons. The summed E-state index contributed by atoms with van der Waals surface area (Å²) in [5.41, 5.74) is 3.04. The Bertz CT molecular complexity index is 1130. The Morgan fingerprint density at radius 1 is 0.931 bits per heavy atom. The third-order valence-corrected chi connectivity index (χ3v) is 5.53. The van der Waals surface area contributed by atoms with E-state index in [4.69, 9.17) is 0 Å². The standard InChI is InChI=1S/C23H19N3O2S/c27-20-11-4-3-10-19(20)23-26-15-21(29-23)17-8-1-2-9-18(17)22(28)25-14-12-16-7-5-6-13-24-16/h1-11,13,15,27H,12,14H2,(H,25,28). The van der Waals surface area contributed by atoms with E-state index in [1.807, 2.05) is 54.6 Å². The molecule has 0 unspecified atom stereocenters. The van der Waals surface area contributed by atoms with Gasteiger partial charge in [-0.3, -0.25) is 9.78 Å². The number of carbonyl (C=O) groups is 1. The second kappa shape index (κ2) is 8.67. The lowest BCUT2D eigenvalue weighted by atomic mass is 10.1. The first-order valence-electron chi connectivity index (χ1n) is 9.24. The molecule has 2 aromatic carbocycles. The van der Waals surface area contributed by atoms with Crippen LogP contribution in [0.15, 0.2) is 79.1 Å². The van der Waals surface area contributed by atoms with Crippen LogP contribution in [-0.4, -0.2) is 27.5 Å². The Balaban J connectivity index is 1.53. The van der Waals surface area contributed by atoms with Crippen molar-refractivity contribution in [3.8, 4) is 26.8 Å². The molecule has 0 atom stereocenters. The molecule has 0 aliphatic carbocycles. The van der Waals surface area contributed by atoms with Crippen molar-refractivity contribution in [2.45, 2.75) is 6.42 Å². The van der Waals surface area contributed by atoms with Crippen molar-refractivity contribution in [2.75, 3.05) is 6.54 Å². The minimum absolute atomic E-state index is 0.131. The molecule has 1 amide bonds. The Hall–Kier alpha value is -3.51. The van der Waals surface area contributed by atoms with Crippen LogP contribution >= 0.6 is 11.3 Å². The van der Waals surface area contributed by atoms with Gasteiger partial charge in [0.1, 0.15) is 10.8 Å². The zero-order chi connectivity index (χ0) is 20.1. The minimum atomic E-state index is -0.131. The summed E-state index contributed by atoms with van der Waals surface area (Å²) in [7, 11) is 0. The van der Waals surface area contributed by atoms with Crippen molar-refractivity contribution < 1.29 is 9.90 Å². The third-order valence-electron chi connectivity index (χ3n) is 4.47. The van der Waals surface area contributed by atoms with Gasteiger partial charge in [0, 0.05) is 42.2 Å². The van der Waals surface area contributed by atoms with Gasteiger partial charge in [-0.2, -0.15) is 0 Å². The van der Waals surface area contributed by atoms with Gasteiger partial charge in [0.15, 0.2) is 0 Å². The van der Waals surface area contributed by atoms with Crippen LogP contribution < -0.4 is 5.32 Å². The van der Waals surface area contributed by atoms with E-state index in [1.54, 1.807) is 24.5 Å². The summed E-state index contributed by atoms with van der Waals surface area (Å²) in [6.45, 7) is 0.510. The van der Waals surface area contributed by atoms with Crippen LogP contribution in [0.2, 0.25) is 0 Å². The number of nitrogens with zero attached hydrogens (tertiary/aromatic N) is 2. The average Bonchev–Trinajstić information content (AvgIpc) is 3.24. The fourth-order valence-electron chi connectivity index (χ4n) is 3.02. The summed E-state index contributed by atoms with van der Waals surface area (Å²) in [5.74, 6) is 0.0583. The quantitative estimate of drug-likeness (QED) is 0.497. The lowest BCUT2D eigenvalue weighted by Crippen LogP contribution is -2.26. The van der Waals surface area contributed by atoms with Crippen molar-refractivity contribution >= 4 is 17.2 Å². The molecule has 0 aliphatic rings. The SMILES string of the molecule is O=C(NCCc1ccccn1)c1ccccc1-c1cnc(-c2ccccc2O)s1. The number of phenolic OH excluding ortho intramolecular Hbond substituents is 1. The minimum Gasteiger partial charge on any atom is -0.507 e. The summed E-state index contributed by atoms with van der Waals surface area (Å²) in [6.07, 6.45) is 4.16. The first kappa shape index (κ1) is 18.8. The number of rotatable bonds is 6. The molecule has 0 saturated carbocycles. The topological polar surface area (TPSA) is 75.1 Å². The van der Waals surface area contributed by atoms with Crippen molar-refractivity contribution in [1.82, 2.24) is 15.3 Å². The molecule has 4 rings (SSSR count). The van der Waals surface area contributed by atoms with E-state index in [2.05, 4.69) is 15.3 Å². The van der Waals surface area contributed by atoms with Gasteiger partial charge in [0.05, 0.1) is 10.4 Å². The molecule has 0 fully saturated rings. The molecule has 2 aromatic heterocycles. The molecule has 0 saturated heterocycles. The number of para-hydroxylation sites is 1. The largest absolute Gasteiger partial charge is 0.507 e. The maximum atomic E-state index is 12.8. The van der Waals surface area contributed by atoms with E-state index in [0.717, 1.165) is 16.1 Å². The molecule has 5 nitrogen and oxygen atoms in total. The highest BCUT2D eigenvalue weighted by atomic mass is 32.1. The molecule has 2 N–H and O–H groups in total. The number of hydrogen-bond acceptors (Lipinski definition) is 5. The number of aromatic nitrogens is 2. The first-order valence-corrected chi connectivity index (χ1v) is 10.1. The van der Waals surface area contributed by atoms with Crippen molar-refractivity contribution in [3.63, 3.8) is 0 Å². The number of aromatic hydroxyl groups is 1. The lowest BCUT2D eigenvalue weighted by Gasteiger charge is -2.09. The van der Waals surface area contributed by atoms with Gasteiger partial charge in [-0.1, -0.05) is 36.4 Å². The fourth-order valence-corrected chi connectivity index (χ4v) is 4.01. The summed E-state index contributed by atoms with van der Waals surface area (Å²) in [5, 5.41) is 13.8. The average molecular weight is 401 g/mol. The number of pyridine rings is 1. The number of benzene rings is 2. The van der Waals surface area contributed by atoms with Crippen molar-refractivity contribution in [1.29, 1.82) is 0 Å². The van der Waals surface area contributed by atoms with Gasteiger partial charge in [-0.05, 0) is 30.3 Å². The number of amides is 1. The van der Waals surface area contributed by atoms with Crippen LogP contribution in [-0.2, 0) is 6.42 Å². The summed E-state index contributed by atoms with van der Waals surface area (Å²) >= 11 is 1.44. The van der Waals surface area contributed by atoms with Crippen molar-refractivity contribution in [3.05, 3.63) is 90.4 Å². The Labute approximate surface area is 172 Å². The molecular weight excluding hydrogens is 382 g/mol. The van der Waals surface area contributed by atoms with E-state index < -0.39 is 0 Å². The van der Waals surface area contributed by atoms with Gasteiger partial charge < -0.3 is 10.4 Å². The lowest BCUT2D eigenvalue weighted by molar-refractivity contribution is 0.0954. The van der Waals surface area contributed by atoms with E-state index in [-0.39, 0.29) is 11.7 Å². The Morgan fingerprint density at radius 2 is 1.69 bits per heavy atom. The summed E-state index contributed by atoms with van der Waals surface area (Å²) in [4.78, 5) is 22.4. The predicted molar refractivity (Wildman–Crippen MR) is 115 cm³/mol. The van der Waals surface area contributed by atoms with E-state index in [9.17, 15) is 9.90 Å². The van der Waals surface area contributed by atoms with Gasteiger partial charge in [-0.25, -0.2) is 4.98 Å². The maximum Gasteiger partial charge on any atom is 0.251 e. The van der Waals surface area contributed by atoms with E-state index in [0.29, 0.717) is 29.1 Å². The van der Waals surface area contributed by atoms with Crippen LogP contribution in [0.25, 0.3) is 21.0 Å². The number of phenols is 1. The van der Waals surface area contributed by atoms with Gasteiger partial charge in [0.2, 0.25) is 0 Å². The van der Waals surface area contributed by atoms with Gasteiger partial charge >= 0.3 is 0 Å². The highest BCUT2D eigenvalue weighted by molar-refractivity contribution is 7.18. The normalized spacial score (nSPS) is 10.6. The second-order valence-electron chi connectivity index (χ2n) is 6.42. The smallest absolute Gasteiger partial charge is 0.251 e. The van der Waals surface area contributed by atoms with Crippen LogP contribution in [0.5, 0.6) is 5.75 Å². The van der Waals surface area contributed by atoms with Crippen LogP contribution in [0, 0.1) is 0 Å². The maximum absolute atomic E-state index is 12.8. The van der Waals surface area contributed by atoms with E-state index in [1.165, 1.54) is 11.3 Å². The highest BCUT2D eigenvalue weighted by Crippen LogP contribution is 2.37. The molecule has 0 aliphatic heterocycles. The Kier molecular flexibility index (Phi) is 5.63. The third kappa shape index (κ3) is 4.33. The Morgan fingerprint density at radius 3 is 2.48 bits per heavy atom. The molecular formula is C23H19N3O2S. The second-order valence-corrected chi connectivity index (χ2v) is 7.45. The van der Waals surface area contributed by atoms with Gasteiger partial charge in [0.25, 0.3) is 5.91 Å². The summed E-state index contributed by atoms with van der Waals surface area (Å²) < 4.78 is 0. The van der Waals surface area contributed by atoms with Crippen molar-refractivity contribution in [2.24, 2.45) is 0 Å². The summed E-state index contributed by atoms with van der Waals surface area (Å²) in [6, 6.07) is 20.3. The van der Waals surface area contributed by atoms with E-state index >= 15 is 0 Å². The number of nitrogens with one attached hydrogen (secondary N) is 1. The molecule has 0 radical (unpaired) electrons. The monoisotopic (exact) mass is 401 g/mol. The first-order chi connectivity index (χ1) is 14.2. The van der Waals surface area contributed by atoms with Crippen LogP contribution in [0.1, 0.15) is 16.1 Å². The molecule has 29 heavy (non-hydrogen) atoms. The number of carbonyl (C=O) groups excluding carboxylic acids is 1. The van der Waals surface area contributed by atoms with Crippen LogP contribution in [0.3, 0.4) is 0 Å². The number of thiazole rings is 1. The molecule has 0 bridgehead atoms. The molecule has 6 heteroatoms.